The summed E-state index contributed by atoms with van der Waals surface area (Å²) in [6.07, 6.45) is 4.09. The van der Waals surface area contributed by atoms with Gasteiger partial charge in [-0.25, -0.2) is 0 Å². The number of nitrogens with one attached hydrogen (secondary N) is 1. The first kappa shape index (κ1) is 17.0. The topological polar surface area (TPSA) is 77.6 Å². The highest BCUT2D eigenvalue weighted by atomic mass is 32.2. The molecule has 7 nitrogen and oxygen atoms in total. The fourth-order valence-electron chi connectivity index (χ4n) is 2.41. The maximum atomic E-state index is 11.9. The zero-order valence-corrected chi connectivity index (χ0v) is 15.2. The third-order valence-corrected chi connectivity index (χ3v) is 4.85. The second kappa shape index (κ2) is 7.38. The molecule has 1 amide bonds. The molecule has 0 aromatic carbocycles. The molecule has 0 radical (unpaired) electrons. The van der Waals surface area contributed by atoms with Crippen LogP contribution in [0.2, 0.25) is 0 Å². The van der Waals surface area contributed by atoms with Gasteiger partial charge in [0.15, 0.2) is 11.0 Å². The van der Waals surface area contributed by atoms with E-state index in [1.807, 2.05) is 17.7 Å². The minimum atomic E-state index is 0.0449. The molecule has 3 rings (SSSR count). The van der Waals surface area contributed by atoms with Gasteiger partial charge in [0.1, 0.15) is 6.54 Å². The minimum absolute atomic E-state index is 0.0449. The van der Waals surface area contributed by atoms with Crippen molar-refractivity contribution in [1.29, 1.82) is 0 Å². The van der Waals surface area contributed by atoms with Gasteiger partial charge in [0.05, 0.1) is 5.75 Å². The first-order valence-corrected chi connectivity index (χ1v) is 9.35. The number of carbonyl (C=O) groups is 1. The van der Waals surface area contributed by atoms with E-state index >= 15 is 0 Å². The van der Waals surface area contributed by atoms with Crippen LogP contribution in [0.15, 0.2) is 17.4 Å². The van der Waals surface area contributed by atoms with Crippen molar-refractivity contribution >= 4 is 17.7 Å². The second-order valence-corrected chi connectivity index (χ2v) is 7.56. The standard InChI is InChI=1S/C16H24N6OS/c1-11(2)8-17-15(23)10-24-16-20-19-14(22(16)13-4-5-13)9-21-12(3)6-7-18-21/h6-7,11,13H,4-5,8-10H2,1-3H3,(H,17,23). The number of thioether (sulfide) groups is 1. The molecule has 2 aromatic heterocycles. The van der Waals surface area contributed by atoms with Gasteiger partial charge < -0.3 is 9.88 Å². The summed E-state index contributed by atoms with van der Waals surface area (Å²) in [5.74, 6) is 1.79. The molecule has 1 aliphatic carbocycles. The Labute approximate surface area is 146 Å². The van der Waals surface area contributed by atoms with Crippen LogP contribution >= 0.6 is 11.8 Å². The van der Waals surface area contributed by atoms with Gasteiger partial charge in [0.2, 0.25) is 5.91 Å². The van der Waals surface area contributed by atoms with E-state index in [4.69, 9.17) is 0 Å². The predicted molar refractivity (Wildman–Crippen MR) is 92.9 cm³/mol. The van der Waals surface area contributed by atoms with Crippen LogP contribution < -0.4 is 5.32 Å². The van der Waals surface area contributed by atoms with E-state index < -0.39 is 0 Å². The molecule has 130 valence electrons. The predicted octanol–water partition coefficient (Wildman–Crippen LogP) is 2.03. The molecule has 0 spiro atoms. The summed E-state index contributed by atoms with van der Waals surface area (Å²) >= 11 is 1.46. The Kier molecular flexibility index (Phi) is 5.23. The van der Waals surface area contributed by atoms with Crippen LogP contribution in [0.3, 0.4) is 0 Å². The lowest BCUT2D eigenvalue weighted by Crippen LogP contribution is -2.28. The summed E-state index contributed by atoms with van der Waals surface area (Å²) in [5, 5.41) is 16.7. The van der Waals surface area contributed by atoms with Crippen molar-refractivity contribution in [3.8, 4) is 0 Å². The highest BCUT2D eigenvalue weighted by molar-refractivity contribution is 7.99. The molecule has 0 aliphatic heterocycles. The minimum Gasteiger partial charge on any atom is -0.355 e. The van der Waals surface area contributed by atoms with Crippen molar-refractivity contribution in [2.24, 2.45) is 5.92 Å². The molecule has 0 atom stereocenters. The van der Waals surface area contributed by atoms with Gasteiger partial charge in [-0.1, -0.05) is 25.6 Å². The van der Waals surface area contributed by atoms with Crippen molar-refractivity contribution in [3.05, 3.63) is 23.8 Å². The molecule has 8 heteroatoms. The molecular weight excluding hydrogens is 324 g/mol. The van der Waals surface area contributed by atoms with Crippen LogP contribution in [-0.4, -0.2) is 42.7 Å². The number of nitrogens with zero attached hydrogens (tertiary/aromatic N) is 5. The summed E-state index contributed by atoms with van der Waals surface area (Å²) in [5.41, 5.74) is 1.10. The summed E-state index contributed by atoms with van der Waals surface area (Å²) < 4.78 is 4.11. The molecule has 2 aromatic rings. The van der Waals surface area contributed by atoms with Crippen LogP contribution in [0.5, 0.6) is 0 Å². The monoisotopic (exact) mass is 348 g/mol. The van der Waals surface area contributed by atoms with Crippen LogP contribution in [-0.2, 0) is 11.3 Å². The lowest BCUT2D eigenvalue weighted by Gasteiger charge is -2.10. The Morgan fingerprint density at radius 2 is 2.21 bits per heavy atom. The van der Waals surface area contributed by atoms with Gasteiger partial charge in [0, 0.05) is 24.5 Å². The molecule has 24 heavy (non-hydrogen) atoms. The van der Waals surface area contributed by atoms with Crippen LogP contribution in [0, 0.1) is 12.8 Å². The molecule has 0 saturated heterocycles. The van der Waals surface area contributed by atoms with Crippen LogP contribution in [0.1, 0.15) is 44.2 Å². The van der Waals surface area contributed by atoms with Crippen molar-refractivity contribution in [3.63, 3.8) is 0 Å². The van der Waals surface area contributed by atoms with Crippen LogP contribution in [0.4, 0.5) is 0 Å². The van der Waals surface area contributed by atoms with Gasteiger partial charge in [-0.05, 0) is 31.7 Å². The highest BCUT2D eigenvalue weighted by Crippen LogP contribution is 2.38. The van der Waals surface area contributed by atoms with E-state index in [0.29, 0.717) is 30.8 Å². The van der Waals surface area contributed by atoms with Crippen molar-refractivity contribution in [2.75, 3.05) is 12.3 Å². The van der Waals surface area contributed by atoms with E-state index in [1.165, 1.54) is 11.8 Å². The molecule has 0 bridgehead atoms. The fraction of sp³-hybridized carbons (Fsp3) is 0.625. The van der Waals surface area contributed by atoms with E-state index in [9.17, 15) is 4.79 Å². The number of rotatable bonds is 8. The van der Waals surface area contributed by atoms with Crippen molar-refractivity contribution < 1.29 is 4.79 Å². The summed E-state index contributed by atoms with van der Waals surface area (Å²) in [4.78, 5) is 11.9. The Balaban J connectivity index is 1.66. The number of hydrogen-bond acceptors (Lipinski definition) is 5. The quantitative estimate of drug-likeness (QED) is 0.739. The average Bonchev–Trinajstić information content (AvgIpc) is 3.19. The molecule has 1 saturated carbocycles. The zero-order chi connectivity index (χ0) is 17.1. The van der Waals surface area contributed by atoms with E-state index in [2.05, 4.69) is 39.0 Å². The maximum absolute atomic E-state index is 11.9. The highest BCUT2D eigenvalue weighted by Gasteiger charge is 2.30. The number of aromatic nitrogens is 5. The third-order valence-electron chi connectivity index (χ3n) is 3.91. The number of carbonyl (C=O) groups excluding carboxylic acids is 1. The lowest BCUT2D eigenvalue weighted by atomic mass is 10.2. The SMILES string of the molecule is Cc1ccnn1Cc1nnc(SCC(=O)NCC(C)C)n1C1CC1. The van der Waals surface area contributed by atoms with Crippen LogP contribution in [0.25, 0.3) is 0 Å². The van der Waals surface area contributed by atoms with Gasteiger partial charge >= 0.3 is 0 Å². The van der Waals surface area contributed by atoms with Crippen molar-refractivity contribution in [1.82, 2.24) is 29.9 Å². The van der Waals surface area contributed by atoms with Crippen molar-refractivity contribution in [2.45, 2.75) is 51.4 Å². The summed E-state index contributed by atoms with van der Waals surface area (Å²) in [6.45, 7) is 7.52. The summed E-state index contributed by atoms with van der Waals surface area (Å²) in [7, 11) is 0. The van der Waals surface area contributed by atoms with Gasteiger partial charge in [-0.15, -0.1) is 10.2 Å². The lowest BCUT2D eigenvalue weighted by molar-refractivity contribution is -0.118. The Bertz CT molecular complexity index is 703. The molecule has 1 N–H and O–H groups in total. The average molecular weight is 348 g/mol. The second-order valence-electron chi connectivity index (χ2n) is 6.62. The Morgan fingerprint density at radius 3 is 2.83 bits per heavy atom. The van der Waals surface area contributed by atoms with Gasteiger partial charge in [0.25, 0.3) is 0 Å². The Morgan fingerprint density at radius 1 is 1.42 bits per heavy atom. The van der Waals surface area contributed by atoms with E-state index in [0.717, 1.165) is 29.5 Å². The maximum Gasteiger partial charge on any atom is 0.230 e. The molecule has 2 heterocycles. The smallest absolute Gasteiger partial charge is 0.230 e. The largest absolute Gasteiger partial charge is 0.355 e. The number of aryl methyl sites for hydroxylation is 1. The van der Waals surface area contributed by atoms with E-state index in [1.54, 1.807) is 6.20 Å². The summed E-state index contributed by atoms with van der Waals surface area (Å²) in [6, 6.07) is 2.44. The normalized spacial score (nSPS) is 14.3. The molecule has 1 aliphatic rings. The fourth-order valence-corrected chi connectivity index (χ4v) is 3.26. The molecule has 0 unspecified atom stereocenters. The Hall–Kier alpha value is -1.83. The number of amides is 1. The molecular formula is C16H24N6OS. The zero-order valence-electron chi connectivity index (χ0n) is 14.4. The number of hydrogen-bond donors (Lipinski definition) is 1. The van der Waals surface area contributed by atoms with E-state index in [-0.39, 0.29) is 5.91 Å². The molecule has 1 fully saturated rings. The van der Waals surface area contributed by atoms with Gasteiger partial charge in [-0.2, -0.15) is 5.10 Å². The van der Waals surface area contributed by atoms with Gasteiger partial charge in [-0.3, -0.25) is 9.48 Å². The first-order valence-electron chi connectivity index (χ1n) is 8.36. The third kappa shape index (κ3) is 4.17. The first-order chi connectivity index (χ1) is 11.5.